The Morgan fingerprint density at radius 3 is 2.86 bits per heavy atom. The summed E-state index contributed by atoms with van der Waals surface area (Å²) in [7, 11) is 0. The second-order valence-corrected chi connectivity index (χ2v) is 4.74. The van der Waals surface area contributed by atoms with Gasteiger partial charge >= 0.3 is 0 Å². The molecule has 3 rings (SSSR count). The van der Waals surface area contributed by atoms with Crippen molar-refractivity contribution in [1.29, 1.82) is 0 Å². The Labute approximate surface area is 123 Å². The van der Waals surface area contributed by atoms with Crippen molar-refractivity contribution in [3.8, 4) is 5.75 Å². The minimum Gasteiger partial charge on any atom is -0.507 e. The standard InChI is InChI=1S/C14H9N3O3S/c18-10-4-2-1-3-9(10)13(20)8-6-15-11-5-12(19)16-14(21)17(11)7-8/h1-7,18H,(H,16,19,21). The number of nitrogens with zero attached hydrogens (tertiary/aromatic N) is 2. The van der Waals surface area contributed by atoms with E-state index in [-0.39, 0.29) is 33.0 Å². The van der Waals surface area contributed by atoms with Crippen molar-refractivity contribution in [3.05, 3.63) is 69.0 Å². The van der Waals surface area contributed by atoms with Crippen molar-refractivity contribution in [2.75, 3.05) is 0 Å². The molecule has 0 saturated heterocycles. The average Bonchev–Trinajstić information content (AvgIpc) is 2.46. The molecule has 6 nitrogen and oxygen atoms in total. The van der Waals surface area contributed by atoms with Gasteiger partial charge in [-0.25, -0.2) is 4.98 Å². The van der Waals surface area contributed by atoms with E-state index in [4.69, 9.17) is 12.2 Å². The number of fused-ring (bicyclic) bond motifs is 1. The fourth-order valence-corrected chi connectivity index (χ4v) is 2.21. The molecule has 0 fully saturated rings. The van der Waals surface area contributed by atoms with E-state index in [2.05, 4.69) is 9.97 Å². The summed E-state index contributed by atoms with van der Waals surface area (Å²) in [6.45, 7) is 0. The molecule has 2 aromatic heterocycles. The smallest absolute Gasteiger partial charge is 0.253 e. The number of aromatic nitrogens is 3. The first-order valence-electron chi connectivity index (χ1n) is 6.01. The maximum atomic E-state index is 12.4. The van der Waals surface area contributed by atoms with Crippen LogP contribution in [-0.2, 0) is 0 Å². The van der Waals surface area contributed by atoms with Crippen molar-refractivity contribution in [1.82, 2.24) is 14.4 Å². The first kappa shape index (κ1) is 13.2. The lowest BCUT2D eigenvalue weighted by atomic mass is 10.1. The predicted molar refractivity (Wildman–Crippen MR) is 78.2 cm³/mol. The van der Waals surface area contributed by atoms with Gasteiger partial charge in [0.1, 0.15) is 11.4 Å². The molecule has 0 amide bonds. The van der Waals surface area contributed by atoms with E-state index in [1.165, 1.54) is 35.0 Å². The molecule has 21 heavy (non-hydrogen) atoms. The Morgan fingerprint density at radius 2 is 2.10 bits per heavy atom. The van der Waals surface area contributed by atoms with Gasteiger partial charge in [-0.2, -0.15) is 0 Å². The van der Waals surface area contributed by atoms with Crippen LogP contribution in [0.5, 0.6) is 5.75 Å². The van der Waals surface area contributed by atoms with E-state index < -0.39 is 0 Å². The lowest BCUT2D eigenvalue weighted by Crippen LogP contribution is -2.11. The number of benzene rings is 1. The number of carbonyl (C=O) groups is 1. The highest BCUT2D eigenvalue weighted by Gasteiger charge is 2.14. The van der Waals surface area contributed by atoms with E-state index in [9.17, 15) is 14.7 Å². The molecular formula is C14H9N3O3S. The van der Waals surface area contributed by atoms with Crippen LogP contribution in [0, 0.1) is 4.77 Å². The van der Waals surface area contributed by atoms with Gasteiger partial charge in [0.25, 0.3) is 5.56 Å². The lowest BCUT2D eigenvalue weighted by Gasteiger charge is -2.05. The third kappa shape index (κ3) is 2.34. The highest BCUT2D eigenvalue weighted by atomic mass is 32.1. The monoisotopic (exact) mass is 299 g/mol. The molecule has 2 N–H and O–H groups in total. The zero-order chi connectivity index (χ0) is 15.0. The van der Waals surface area contributed by atoms with E-state index in [0.29, 0.717) is 5.65 Å². The third-order valence-corrected chi connectivity index (χ3v) is 3.27. The number of phenolic OH excluding ortho intramolecular Hbond substituents is 1. The second kappa shape index (κ2) is 4.95. The minimum atomic E-state index is -0.379. The van der Waals surface area contributed by atoms with Gasteiger partial charge in [0, 0.05) is 18.5 Å². The molecule has 0 aliphatic rings. The number of hydrogen-bond acceptors (Lipinski definition) is 5. The van der Waals surface area contributed by atoms with Gasteiger partial charge in [-0.15, -0.1) is 0 Å². The number of rotatable bonds is 2. The predicted octanol–water partition coefficient (Wildman–Crippen LogP) is 1.69. The van der Waals surface area contributed by atoms with Crippen LogP contribution < -0.4 is 5.56 Å². The highest BCUT2D eigenvalue weighted by molar-refractivity contribution is 7.71. The largest absolute Gasteiger partial charge is 0.507 e. The Hall–Kier alpha value is -2.80. The molecule has 0 spiro atoms. The molecule has 0 unspecified atom stereocenters. The third-order valence-electron chi connectivity index (χ3n) is 2.97. The number of nitrogens with one attached hydrogen (secondary N) is 1. The number of aromatic hydroxyl groups is 1. The summed E-state index contributed by atoms with van der Waals surface area (Å²) in [5.41, 5.74) is 0.423. The number of phenols is 1. The summed E-state index contributed by atoms with van der Waals surface area (Å²) in [5, 5.41) is 9.73. The second-order valence-electron chi connectivity index (χ2n) is 4.36. The number of para-hydroxylation sites is 1. The van der Waals surface area contributed by atoms with Crippen molar-refractivity contribution in [2.45, 2.75) is 0 Å². The fraction of sp³-hybridized carbons (Fsp3) is 0. The Morgan fingerprint density at radius 1 is 1.33 bits per heavy atom. The topological polar surface area (TPSA) is 87.5 Å². The molecular weight excluding hydrogens is 290 g/mol. The maximum Gasteiger partial charge on any atom is 0.253 e. The number of H-pyrrole nitrogens is 1. The van der Waals surface area contributed by atoms with Crippen molar-refractivity contribution in [2.24, 2.45) is 0 Å². The molecule has 7 heteroatoms. The Bertz CT molecular complexity index is 975. The van der Waals surface area contributed by atoms with Crippen LogP contribution in [0.15, 0.2) is 47.5 Å². The molecule has 1 aromatic carbocycles. The van der Waals surface area contributed by atoms with Gasteiger partial charge in [-0.3, -0.25) is 19.0 Å². The van der Waals surface area contributed by atoms with E-state index in [1.54, 1.807) is 12.1 Å². The van der Waals surface area contributed by atoms with Gasteiger partial charge in [-0.1, -0.05) is 12.1 Å². The summed E-state index contributed by atoms with van der Waals surface area (Å²) in [4.78, 5) is 30.2. The summed E-state index contributed by atoms with van der Waals surface area (Å²) in [5.74, 6) is -0.483. The lowest BCUT2D eigenvalue weighted by molar-refractivity contribution is 0.103. The van der Waals surface area contributed by atoms with Gasteiger partial charge in [0.05, 0.1) is 11.1 Å². The molecule has 0 bridgehead atoms. The number of aromatic amines is 1. The molecule has 0 atom stereocenters. The van der Waals surface area contributed by atoms with Crippen LogP contribution in [0.1, 0.15) is 15.9 Å². The molecule has 0 aliphatic carbocycles. The van der Waals surface area contributed by atoms with Crippen molar-refractivity contribution < 1.29 is 9.90 Å². The normalized spacial score (nSPS) is 10.7. The first-order valence-corrected chi connectivity index (χ1v) is 6.41. The van der Waals surface area contributed by atoms with Crippen LogP contribution in [0.25, 0.3) is 5.65 Å². The van der Waals surface area contributed by atoms with Gasteiger partial charge in [-0.05, 0) is 24.4 Å². The molecule has 0 saturated carbocycles. The van der Waals surface area contributed by atoms with Gasteiger partial charge in [0.2, 0.25) is 0 Å². The number of ketones is 1. The Balaban J connectivity index is 2.18. The number of carbonyl (C=O) groups excluding carboxylic acids is 1. The maximum absolute atomic E-state index is 12.4. The molecule has 0 radical (unpaired) electrons. The van der Waals surface area contributed by atoms with Crippen LogP contribution >= 0.6 is 12.2 Å². The van der Waals surface area contributed by atoms with Gasteiger partial charge < -0.3 is 5.11 Å². The van der Waals surface area contributed by atoms with E-state index in [0.717, 1.165) is 0 Å². The quantitative estimate of drug-likeness (QED) is 0.555. The highest BCUT2D eigenvalue weighted by Crippen LogP contribution is 2.19. The zero-order valence-electron chi connectivity index (χ0n) is 10.6. The van der Waals surface area contributed by atoms with Crippen LogP contribution in [0.4, 0.5) is 0 Å². The van der Waals surface area contributed by atoms with Crippen LogP contribution in [-0.4, -0.2) is 25.3 Å². The van der Waals surface area contributed by atoms with E-state index >= 15 is 0 Å². The Kier molecular flexibility index (Phi) is 3.11. The molecule has 2 heterocycles. The fourth-order valence-electron chi connectivity index (χ4n) is 1.96. The molecule has 0 aliphatic heterocycles. The van der Waals surface area contributed by atoms with Crippen LogP contribution in [0.2, 0.25) is 0 Å². The summed E-state index contributed by atoms with van der Waals surface area (Å²) in [6, 6.07) is 7.53. The van der Waals surface area contributed by atoms with Crippen molar-refractivity contribution in [3.63, 3.8) is 0 Å². The zero-order valence-corrected chi connectivity index (χ0v) is 11.4. The summed E-state index contributed by atoms with van der Waals surface area (Å²) in [6.07, 6.45) is 2.83. The first-order chi connectivity index (χ1) is 10.1. The van der Waals surface area contributed by atoms with E-state index in [1.807, 2.05) is 0 Å². The number of hydrogen-bond donors (Lipinski definition) is 2. The summed E-state index contributed by atoms with van der Waals surface area (Å²) < 4.78 is 1.58. The SMILES string of the molecule is O=C(c1cnc2cc(=O)[nH]c(=S)n2c1)c1ccccc1O. The molecule has 3 aromatic rings. The van der Waals surface area contributed by atoms with Crippen LogP contribution in [0.3, 0.4) is 0 Å². The van der Waals surface area contributed by atoms with Gasteiger partial charge in [0.15, 0.2) is 10.6 Å². The average molecular weight is 299 g/mol. The summed E-state index contributed by atoms with van der Waals surface area (Å²) >= 11 is 5.04. The minimum absolute atomic E-state index is 0.104. The molecule has 104 valence electrons. The van der Waals surface area contributed by atoms with Crippen molar-refractivity contribution >= 4 is 23.6 Å².